The van der Waals surface area contributed by atoms with Gasteiger partial charge in [-0.25, -0.2) is 0 Å². The van der Waals surface area contributed by atoms with Gasteiger partial charge in [-0.15, -0.1) is 0 Å². The van der Waals surface area contributed by atoms with E-state index in [4.69, 9.17) is 9.84 Å². The third kappa shape index (κ3) is 17.3. The zero-order valence-electron chi connectivity index (χ0n) is 17.9. The molecule has 2 N–H and O–H groups in total. The summed E-state index contributed by atoms with van der Waals surface area (Å²) in [6.45, 7) is 5.47. The van der Waals surface area contributed by atoms with Crippen molar-refractivity contribution in [3.63, 3.8) is 0 Å². The van der Waals surface area contributed by atoms with E-state index in [1.54, 1.807) is 0 Å². The minimum absolute atomic E-state index is 0.00513. The van der Waals surface area contributed by atoms with Gasteiger partial charge in [0.25, 0.3) is 0 Å². The summed E-state index contributed by atoms with van der Waals surface area (Å²) in [6, 6.07) is 0. The summed E-state index contributed by atoms with van der Waals surface area (Å²) in [4.78, 5) is 0. The van der Waals surface area contributed by atoms with Crippen molar-refractivity contribution in [1.29, 1.82) is 0 Å². The van der Waals surface area contributed by atoms with Crippen LogP contribution in [0.3, 0.4) is 0 Å². The van der Waals surface area contributed by atoms with Crippen LogP contribution in [-0.2, 0) is 4.74 Å². The molecule has 0 saturated heterocycles. The van der Waals surface area contributed by atoms with Crippen molar-refractivity contribution in [1.82, 2.24) is 0 Å². The first-order valence-electron chi connectivity index (χ1n) is 11.7. The Morgan fingerprint density at radius 1 is 0.615 bits per heavy atom. The molecule has 0 fully saturated rings. The van der Waals surface area contributed by atoms with Crippen LogP contribution in [0.25, 0.3) is 0 Å². The fourth-order valence-electron chi connectivity index (χ4n) is 3.46. The predicted molar refractivity (Wildman–Crippen MR) is 113 cm³/mol. The van der Waals surface area contributed by atoms with Crippen LogP contribution in [0.4, 0.5) is 0 Å². The highest BCUT2D eigenvalue weighted by molar-refractivity contribution is 4.70. The van der Waals surface area contributed by atoms with E-state index in [0.29, 0.717) is 6.61 Å². The second kappa shape index (κ2) is 21.2. The molecule has 0 aromatic heterocycles. The second-order valence-corrected chi connectivity index (χ2v) is 7.87. The van der Waals surface area contributed by atoms with Crippen LogP contribution < -0.4 is 0 Å². The normalized spacial score (nSPS) is 13.8. The fourth-order valence-corrected chi connectivity index (χ4v) is 3.46. The van der Waals surface area contributed by atoms with Gasteiger partial charge in [-0.05, 0) is 32.1 Å². The van der Waals surface area contributed by atoms with Crippen LogP contribution >= 0.6 is 0 Å². The Balaban J connectivity index is 3.89. The maximum atomic E-state index is 10.6. The Morgan fingerprint density at radius 3 is 1.73 bits per heavy atom. The van der Waals surface area contributed by atoms with Crippen LogP contribution in [0.5, 0.6) is 0 Å². The van der Waals surface area contributed by atoms with Crippen LogP contribution in [0.1, 0.15) is 123 Å². The van der Waals surface area contributed by atoms with Crippen LogP contribution in [0, 0.1) is 0 Å². The van der Waals surface area contributed by atoms with Crippen molar-refractivity contribution in [3.8, 4) is 0 Å². The maximum Gasteiger partial charge on any atom is 0.0833 e. The van der Waals surface area contributed by atoms with Crippen LogP contribution in [0.15, 0.2) is 0 Å². The molecule has 2 unspecified atom stereocenters. The smallest absolute Gasteiger partial charge is 0.0833 e. The van der Waals surface area contributed by atoms with Crippen molar-refractivity contribution >= 4 is 0 Å². The van der Waals surface area contributed by atoms with E-state index in [1.165, 1.54) is 64.2 Å². The van der Waals surface area contributed by atoms with E-state index in [1.807, 2.05) is 0 Å². The zero-order valence-corrected chi connectivity index (χ0v) is 17.9. The summed E-state index contributed by atoms with van der Waals surface area (Å²) >= 11 is 0. The van der Waals surface area contributed by atoms with Gasteiger partial charge < -0.3 is 14.9 Å². The second-order valence-electron chi connectivity index (χ2n) is 7.87. The first-order valence-corrected chi connectivity index (χ1v) is 11.7. The van der Waals surface area contributed by atoms with Gasteiger partial charge in [0.1, 0.15) is 0 Å². The van der Waals surface area contributed by atoms with Crippen molar-refractivity contribution in [2.75, 3.05) is 13.2 Å². The molecule has 0 aliphatic heterocycles. The number of rotatable bonds is 21. The SMILES string of the molecule is CCCCCCCCCCC(O)C(CCCCCC)OCCCCCO. The highest BCUT2D eigenvalue weighted by Gasteiger charge is 2.19. The van der Waals surface area contributed by atoms with E-state index in [0.717, 1.165) is 44.9 Å². The van der Waals surface area contributed by atoms with Crippen molar-refractivity contribution < 1.29 is 14.9 Å². The number of hydrogen-bond donors (Lipinski definition) is 2. The lowest BCUT2D eigenvalue weighted by Gasteiger charge is -2.24. The standard InChI is InChI=1S/C23H48O3/c1-3-5-7-9-10-11-12-14-18-22(25)23(19-15-8-6-4-2)26-21-17-13-16-20-24/h22-25H,3-21H2,1-2H3. The number of aliphatic hydroxyl groups excluding tert-OH is 2. The first kappa shape index (κ1) is 25.9. The quantitative estimate of drug-likeness (QED) is 0.229. The van der Waals surface area contributed by atoms with Gasteiger partial charge in [0.15, 0.2) is 0 Å². The minimum atomic E-state index is -0.311. The monoisotopic (exact) mass is 372 g/mol. The van der Waals surface area contributed by atoms with E-state index < -0.39 is 0 Å². The topological polar surface area (TPSA) is 49.7 Å². The highest BCUT2D eigenvalue weighted by Crippen LogP contribution is 2.18. The van der Waals surface area contributed by atoms with Gasteiger partial charge in [0.2, 0.25) is 0 Å². The summed E-state index contributed by atoms with van der Waals surface area (Å²) in [6.07, 6.45) is 19.8. The summed E-state index contributed by atoms with van der Waals surface area (Å²) in [7, 11) is 0. The summed E-state index contributed by atoms with van der Waals surface area (Å²) < 4.78 is 6.02. The zero-order chi connectivity index (χ0) is 19.3. The Bertz CT molecular complexity index is 258. The molecule has 2 atom stereocenters. The largest absolute Gasteiger partial charge is 0.396 e. The lowest BCUT2D eigenvalue weighted by Crippen LogP contribution is -2.29. The molecule has 0 heterocycles. The fraction of sp³-hybridized carbons (Fsp3) is 1.00. The molecule has 0 saturated carbocycles. The Morgan fingerprint density at radius 2 is 1.12 bits per heavy atom. The Kier molecular flexibility index (Phi) is 21.1. The maximum absolute atomic E-state index is 10.6. The van der Waals surface area contributed by atoms with Gasteiger partial charge in [0, 0.05) is 13.2 Å². The van der Waals surface area contributed by atoms with E-state index >= 15 is 0 Å². The number of hydrogen-bond acceptors (Lipinski definition) is 3. The minimum Gasteiger partial charge on any atom is -0.396 e. The highest BCUT2D eigenvalue weighted by atomic mass is 16.5. The molecule has 0 radical (unpaired) electrons. The van der Waals surface area contributed by atoms with Gasteiger partial charge in [-0.2, -0.15) is 0 Å². The lowest BCUT2D eigenvalue weighted by molar-refractivity contribution is -0.0475. The molecule has 0 bridgehead atoms. The van der Waals surface area contributed by atoms with Crippen molar-refractivity contribution in [2.24, 2.45) is 0 Å². The number of ether oxygens (including phenoxy) is 1. The molecule has 0 aromatic rings. The van der Waals surface area contributed by atoms with Gasteiger partial charge in [0.05, 0.1) is 12.2 Å². The number of unbranched alkanes of at least 4 members (excludes halogenated alkanes) is 12. The molecule has 158 valence electrons. The van der Waals surface area contributed by atoms with E-state index in [2.05, 4.69) is 13.8 Å². The first-order chi connectivity index (χ1) is 12.8. The molecule has 26 heavy (non-hydrogen) atoms. The summed E-state index contributed by atoms with van der Waals surface area (Å²) in [5, 5.41) is 19.4. The molecule has 3 heteroatoms. The Labute approximate surface area is 163 Å². The van der Waals surface area contributed by atoms with Gasteiger partial charge in [-0.1, -0.05) is 90.9 Å². The predicted octanol–water partition coefficient (Wildman–Crippen LogP) is 6.40. The van der Waals surface area contributed by atoms with Crippen molar-refractivity contribution in [2.45, 2.75) is 135 Å². The summed E-state index contributed by atoms with van der Waals surface area (Å²) in [5.74, 6) is 0. The molecule has 0 aliphatic carbocycles. The third-order valence-corrected chi connectivity index (χ3v) is 5.26. The lowest BCUT2D eigenvalue weighted by atomic mass is 9.99. The Hall–Kier alpha value is -0.120. The molecule has 0 aliphatic rings. The summed E-state index contributed by atoms with van der Waals surface area (Å²) in [5.41, 5.74) is 0. The molecule has 0 aromatic carbocycles. The molecule has 0 rings (SSSR count). The average molecular weight is 373 g/mol. The molecular weight excluding hydrogens is 324 g/mol. The van der Waals surface area contributed by atoms with Crippen molar-refractivity contribution in [3.05, 3.63) is 0 Å². The van der Waals surface area contributed by atoms with Gasteiger partial charge in [-0.3, -0.25) is 0 Å². The average Bonchev–Trinajstić information content (AvgIpc) is 2.65. The van der Waals surface area contributed by atoms with E-state index in [-0.39, 0.29) is 18.8 Å². The third-order valence-electron chi connectivity index (χ3n) is 5.26. The molecule has 3 nitrogen and oxygen atoms in total. The number of aliphatic hydroxyl groups is 2. The molecule has 0 spiro atoms. The van der Waals surface area contributed by atoms with Gasteiger partial charge >= 0.3 is 0 Å². The van der Waals surface area contributed by atoms with Crippen LogP contribution in [-0.4, -0.2) is 35.6 Å². The van der Waals surface area contributed by atoms with E-state index in [9.17, 15) is 5.11 Å². The van der Waals surface area contributed by atoms with Crippen LogP contribution in [0.2, 0.25) is 0 Å². The molecular formula is C23H48O3. The molecule has 0 amide bonds.